The average molecular weight is 303 g/mol. The topological polar surface area (TPSA) is 42.4 Å². The first-order valence-corrected chi connectivity index (χ1v) is 8.45. The van der Waals surface area contributed by atoms with Gasteiger partial charge in [-0.2, -0.15) is 0 Å². The summed E-state index contributed by atoms with van der Waals surface area (Å²) in [4.78, 5) is 4.71. The molecule has 0 saturated heterocycles. The Morgan fingerprint density at radius 2 is 2.19 bits per heavy atom. The fourth-order valence-electron chi connectivity index (χ4n) is 2.77. The molecule has 1 aromatic heterocycles. The summed E-state index contributed by atoms with van der Waals surface area (Å²) in [6.45, 7) is 2.25. The van der Waals surface area contributed by atoms with Gasteiger partial charge in [-0.05, 0) is 37.5 Å². The van der Waals surface area contributed by atoms with Gasteiger partial charge >= 0.3 is 0 Å². The lowest BCUT2D eigenvalue weighted by Gasteiger charge is -2.08. The molecule has 0 amide bonds. The first kappa shape index (κ1) is 14.5. The number of aliphatic hydroxyl groups is 1. The molecule has 3 rings (SSSR count). The summed E-state index contributed by atoms with van der Waals surface area (Å²) in [6.07, 6.45) is 4.76. The Hall–Kier alpha value is -1.39. The molecule has 0 unspecified atom stereocenters. The lowest BCUT2D eigenvalue weighted by atomic mass is 10.1. The minimum absolute atomic E-state index is 0.471. The Bertz CT molecular complexity index is 588. The minimum Gasteiger partial charge on any atom is -0.487 e. The van der Waals surface area contributed by atoms with Crippen LogP contribution in [0.2, 0.25) is 0 Å². The zero-order valence-corrected chi connectivity index (χ0v) is 13.1. The third kappa shape index (κ3) is 3.63. The van der Waals surface area contributed by atoms with Crippen molar-refractivity contribution in [3.8, 4) is 5.75 Å². The van der Waals surface area contributed by atoms with Crippen LogP contribution in [0.15, 0.2) is 29.6 Å². The highest BCUT2D eigenvalue weighted by molar-refractivity contribution is 7.09. The second-order valence-electron chi connectivity index (χ2n) is 5.70. The first-order chi connectivity index (χ1) is 10.2. The standard InChI is InChI=1S/C17H21NO2S/c1-12(19)14-7-4-8-16(9-14)20-10-15-11-21-17(18-15)13-5-2-3-6-13/h4,7-9,11-13,19H,2-3,5-6,10H2,1H3/t12-/m1/s1. The van der Waals surface area contributed by atoms with Gasteiger partial charge in [-0.3, -0.25) is 0 Å². The number of hydrogen-bond donors (Lipinski definition) is 1. The van der Waals surface area contributed by atoms with Gasteiger partial charge in [0, 0.05) is 11.3 Å². The van der Waals surface area contributed by atoms with Crippen LogP contribution in [0.5, 0.6) is 5.75 Å². The molecule has 0 spiro atoms. The Kier molecular flexibility index (Phi) is 4.56. The molecule has 1 N–H and O–H groups in total. The third-order valence-corrected chi connectivity index (χ3v) is 5.06. The molecule has 1 heterocycles. The SMILES string of the molecule is C[C@@H](O)c1cccc(OCc2csc(C3CCCC3)n2)c1. The second kappa shape index (κ2) is 6.58. The van der Waals surface area contributed by atoms with Gasteiger partial charge in [0.15, 0.2) is 0 Å². The maximum atomic E-state index is 9.59. The number of rotatable bonds is 5. The highest BCUT2D eigenvalue weighted by Gasteiger charge is 2.20. The highest BCUT2D eigenvalue weighted by Crippen LogP contribution is 2.35. The van der Waals surface area contributed by atoms with Crippen LogP contribution >= 0.6 is 11.3 Å². The number of aromatic nitrogens is 1. The number of ether oxygens (including phenoxy) is 1. The molecule has 0 bridgehead atoms. The highest BCUT2D eigenvalue weighted by atomic mass is 32.1. The van der Waals surface area contributed by atoms with Gasteiger partial charge in [0.2, 0.25) is 0 Å². The van der Waals surface area contributed by atoms with Gasteiger partial charge in [0.05, 0.1) is 16.8 Å². The van der Waals surface area contributed by atoms with Crippen molar-refractivity contribution in [2.45, 2.75) is 51.2 Å². The van der Waals surface area contributed by atoms with Crippen LogP contribution in [0, 0.1) is 0 Å². The molecular weight excluding hydrogens is 282 g/mol. The van der Waals surface area contributed by atoms with Gasteiger partial charge in [0.25, 0.3) is 0 Å². The molecule has 0 radical (unpaired) electrons. The van der Waals surface area contributed by atoms with Gasteiger partial charge < -0.3 is 9.84 Å². The van der Waals surface area contributed by atoms with Crippen molar-refractivity contribution in [3.63, 3.8) is 0 Å². The number of benzene rings is 1. The van der Waals surface area contributed by atoms with Gasteiger partial charge in [-0.1, -0.05) is 25.0 Å². The largest absolute Gasteiger partial charge is 0.487 e. The molecular formula is C17H21NO2S. The van der Waals surface area contributed by atoms with Gasteiger partial charge in [-0.15, -0.1) is 11.3 Å². The minimum atomic E-state index is -0.471. The van der Waals surface area contributed by atoms with Crippen LogP contribution in [0.1, 0.15) is 60.9 Å². The van der Waals surface area contributed by atoms with E-state index in [1.165, 1.54) is 30.7 Å². The van der Waals surface area contributed by atoms with Crippen molar-refractivity contribution in [2.24, 2.45) is 0 Å². The van der Waals surface area contributed by atoms with E-state index in [0.717, 1.165) is 17.0 Å². The van der Waals surface area contributed by atoms with E-state index in [1.54, 1.807) is 18.3 Å². The van der Waals surface area contributed by atoms with Crippen molar-refractivity contribution < 1.29 is 9.84 Å². The molecule has 1 aromatic carbocycles. The van der Waals surface area contributed by atoms with Crippen molar-refractivity contribution in [1.29, 1.82) is 0 Å². The van der Waals surface area contributed by atoms with E-state index in [2.05, 4.69) is 5.38 Å². The third-order valence-electron chi connectivity index (χ3n) is 4.00. The van der Waals surface area contributed by atoms with Crippen molar-refractivity contribution >= 4 is 11.3 Å². The van der Waals surface area contributed by atoms with Crippen LogP contribution < -0.4 is 4.74 Å². The normalized spacial score (nSPS) is 17.0. The zero-order chi connectivity index (χ0) is 14.7. The fourth-order valence-corrected chi connectivity index (χ4v) is 3.75. The molecule has 1 atom stereocenters. The Balaban J connectivity index is 1.61. The van der Waals surface area contributed by atoms with Crippen molar-refractivity contribution in [2.75, 3.05) is 0 Å². The van der Waals surface area contributed by atoms with E-state index in [-0.39, 0.29) is 0 Å². The van der Waals surface area contributed by atoms with Crippen LogP contribution in [0.4, 0.5) is 0 Å². The molecule has 21 heavy (non-hydrogen) atoms. The quantitative estimate of drug-likeness (QED) is 0.888. The predicted molar refractivity (Wildman–Crippen MR) is 84.7 cm³/mol. The van der Waals surface area contributed by atoms with Crippen LogP contribution in [-0.2, 0) is 6.61 Å². The summed E-state index contributed by atoms with van der Waals surface area (Å²) in [7, 11) is 0. The summed E-state index contributed by atoms with van der Waals surface area (Å²) < 4.78 is 5.79. The lowest BCUT2D eigenvalue weighted by Crippen LogP contribution is -1.99. The summed E-state index contributed by atoms with van der Waals surface area (Å²) in [6, 6.07) is 7.60. The van der Waals surface area contributed by atoms with Gasteiger partial charge in [0.1, 0.15) is 12.4 Å². The number of thiazole rings is 1. The van der Waals surface area contributed by atoms with E-state index in [0.29, 0.717) is 12.5 Å². The average Bonchev–Trinajstić information content (AvgIpc) is 3.16. The fraction of sp³-hybridized carbons (Fsp3) is 0.471. The maximum absolute atomic E-state index is 9.59. The van der Waals surface area contributed by atoms with Crippen molar-refractivity contribution in [3.05, 3.63) is 45.9 Å². The van der Waals surface area contributed by atoms with E-state index < -0.39 is 6.10 Å². The molecule has 3 nitrogen and oxygen atoms in total. The smallest absolute Gasteiger partial charge is 0.131 e. The number of nitrogens with zero attached hydrogens (tertiary/aromatic N) is 1. The summed E-state index contributed by atoms with van der Waals surface area (Å²) in [5.74, 6) is 1.45. The van der Waals surface area contributed by atoms with Crippen LogP contribution in [0.25, 0.3) is 0 Å². The van der Waals surface area contributed by atoms with Gasteiger partial charge in [-0.25, -0.2) is 4.98 Å². The molecule has 1 fully saturated rings. The second-order valence-corrected chi connectivity index (χ2v) is 6.59. The number of aliphatic hydroxyl groups excluding tert-OH is 1. The molecule has 4 heteroatoms. The van der Waals surface area contributed by atoms with E-state index in [9.17, 15) is 5.11 Å². The maximum Gasteiger partial charge on any atom is 0.131 e. The van der Waals surface area contributed by atoms with Crippen LogP contribution in [0.3, 0.4) is 0 Å². The number of hydrogen-bond acceptors (Lipinski definition) is 4. The molecule has 2 aromatic rings. The molecule has 0 aliphatic heterocycles. The Morgan fingerprint density at radius 1 is 1.38 bits per heavy atom. The van der Waals surface area contributed by atoms with Crippen LogP contribution in [-0.4, -0.2) is 10.1 Å². The van der Waals surface area contributed by atoms with E-state index in [1.807, 2.05) is 24.3 Å². The first-order valence-electron chi connectivity index (χ1n) is 7.57. The Labute approximate surface area is 129 Å². The Morgan fingerprint density at radius 3 is 2.95 bits per heavy atom. The summed E-state index contributed by atoms with van der Waals surface area (Å²) in [5.41, 5.74) is 1.88. The van der Waals surface area contributed by atoms with E-state index in [4.69, 9.17) is 9.72 Å². The lowest BCUT2D eigenvalue weighted by molar-refractivity contribution is 0.198. The van der Waals surface area contributed by atoms with Crippen molar-refractivity contribution in [1.82, 2.24) is 4.98 Å². The summed E-state index contributed by atoms with van der Waals surface area (Å²) in [5, 5.41) is 13.0. The van der Waals surface area contributed by atoms with E-state index >= 15 is 0 Å². The molecule has 112 valence electrons. The predicted octanol–water partition coefficient (Wildman–Crippen LogP) is 4.43. The zero-order valence-electron chi connectivity index (χ0n) is 12.3. The summed E-state index contributed by atoms with van der Waals surface area (Å²) >= 11 is 1.76. The molecule has 1 aliphatic rings. The molecule has 1 aliphatic carbocycles. The monoisotopic (exact) mass is 303 g/mol. The molecule has 1 saturated carbocycles.